The van der Waals surface area contributed by atoms with Crippen molar-refractivity contribution in [2.75, 3.05) is 5.32 Å². The van der Waals surface area contributed by atoms with Crippen LogP contribution in [0.2, 0.25) is 5.02 Å². The van der Waals surface area contributed by atoms with Crippen molar-refractivity contribution >= 4 is 29.3 Å². The van der Waals surface area contributed by atoms with Gasteiger partial charge in [-0.05, 0) is 50.6 Å². The number of ether oxygens (including phenoxy) is 2. The summed E-state index contributed by atoms with van der Waals surface area (Å²) in [5.41, 5.74) is 1.32. The van der Waals surface area contributed by atoms with Gasteiger partial charge in [0.1, 0.15) is 5.82 Å². The Morgan fingerprint density at radius 3 is 2.38 bits per heavy atom. The van der Waals surface area contributed by atoms with Crippen LogP contribution >= 0.6 is 11.6 Å². The average Bonchev–Trinajstić information content (AvgIpc) is 2.62. The van der Waals surface area contributed by atoms with Crippen LogP contribution in [0, 0.1) is 0 Å². The maximum Gasteiger partial charge on any atom is 0.338 e. The summed E-state index contributed by atoms with van der Waals surface area (Å²) in [6, 6.07) is 10.0. The van der Waals surface area contributed by atoms with E-state index in [1.807, 2.05) is 13.8 Å². The van der Waals surface area contributed by atoms with Gasteiger partial charge >= 0.3 is 5.97 Å². The highest BCUT2D eigenvalue weighted by molar-refractivity contribution is 6.30. The highest BCUT2D eigenvalue weighted by atomic mass is 35.5. The average molecular weight is 377 g/mol. The SMILES string of the molecule is CC(C)OCc1ccc(C(=O)O[C@@H](C)C(=O)Nc2ccc(Cl)cn2)cc1. The molecule has 1 N–H and O–H groups in total. The maximum absolute atomic E-state index is 12.2. The molecule has 0 saturated heterocycles. The van der Waals surface area contributed by atoms with E-state index in [4.69, 9.17) is 21.1 Å². The molecule has 7 heteroatoms. The minimum atomic E-state index is -0.969. The molecule has 1 atom stereocenters. The molecular formula is C19H21ClN2O4. The molecule has 0 unspecified atom stereocenters. The van der Waals surface area contributed by atoms with E-state index in [2.05, 4.69) is 10.3 Å². The van der Waals surface area contributed by atoms with E-state index in [0.29, 0.717) is 23.0 Å². The molecule has 26 heavy (non-hydrogen) atoms. The molecule has 0 bridgehead atoms. The Kier molecular flexibility index (Phi) is 7.12. The number of nitrogens with one attached hydrogen (secondary N) is 1. The third-order valence-electron chi connectivity index (χ3n) is 3.40. The monoisotopic (exact) mass is 376 g/mol. The van der Waals surface area contributed by atoms with Crippen LogP contribution < -0.4 is 5.32 Å². The van der Waals surface area contributed by atoms with Crippen molar-refractivity contribution in [2.45, 2.75) is 39.6 Å². The van der Waals surface area contributed by atoms with Crippen LogP contribution in [-0.2, 0) is 20.9 Å². The van der Waals surface area contributed by atoms with E-state index in [0.717, 1.165) is 5.56 Å². The summed E-state index contributed by atoms with van der Waals surface area (Å²) in [6.07, 6.45) is 0.580. The van der Waals surface area contributed by atoms with Gasteiger partial charge in [0.15, 0.2) is 6.10 Å². The number of aromatic nitrogens is 1. The first-order valence-electron chi connectivity index (χ1n) is 8.19. The van der Waals surface area contributed by atoms with Crippen molar-refractivity contribution < 1.29 is 19.1 Å². The number of carbonyl (C=O) groups excluding carboxylic acids is 2. The summed E-state index contributed by atoms with van der Waals surface area (Å²) >= 11 is 5.74. The zero-order valence-corrected chi connectivity index (χ0v) is 15.6. The Labute approximate surface area is 157 Å². The fraction of sp³-hybridized carbons (Fsp3) is 0.316. The van der Waals surface area contributed by atoms with Crippen molar-refractivity contribution in [3.63, 3.8) is 0 Å². The molecule has 0 radical (unpaired) electrons. The number of pyridine rings is 1. The Bertz CT molecular complexity index is 745. The maximum atomic E-state index is 12.2. The summed E-state index contributed by atoms with van der Waals surface area (Å²) in [7, 11) is 0. The number of hydrogen-bond donors (Lipinski definition) is 1. The molecule has 0 saturated carbocycles. The van der Waals surface area contributed by atoms with Gasteiger partial charge in [-0.2, -0.15) is 0 Å². The molecule has 1 amide bonds. The fourth-order valence-electron chi connectivity index (χ4n) is 1.96. The highest BCUT2D eigenvalue weighted by Gasteiger charge is 2.19. The van der Waals surface area contributed by atoms with Crippen LogP contribution in [0.25, 0.3) is 0 Å². The van der Waals surface area contributed by atoms with Crippen LogP contribution in [0.1, 0.15) is 36.7 Å². The van der Waals surface area contributed by atoms with Gasteiger partial charge in [-0.25, -0.2) is 9.78 Å². The van der Waals surface area contributed by atoms with Gasteiger partial charge in [0.25, 0.3) is 5.91 Å². The van der Waals surface area contributed by atoms with E-state index in [-0.39, 0.29) is 6.10 Å². The summed E-state index contributed by atoms with van der Waals surface area (Å²) in [5, 5.41) is 3.02. The standard InChI is InChI=1S/C19H21ClN2O4/c1-12(2)25-11-14-4-6-15(7-5-14)19(24)26-13(3)18(23)22-17-9-8-16(20)10-21-17/h4-10,12-13H,11H2,1-3H3,(H,21,22,23)/t13-/m0/s1. The lowest BCUT2D eigenvalue weighted by Crippen LogP contribution is -2.30. The van der Waals surface area contributed by atoms with E-state index in [1.165, 1.54) is 13.1 Å². The van der Waals surface area contributed by atoms with Gasteiger partial charge in [0, 0.05) is 6.20 Å². The second-order valence-electron chi connectivity index (χ2n) is 5.96. The summed E-state index contributed by atoms with van der Waals surface area (Å²) in [5.74, 6) is -0.722. The van der Waals surface area contributed by atoms with Crippen molar-refractivity contribution in [1.82, 2.24) is 4.98 Å². The molecule has 6 nitrogen and oxygen atoms in total. The highest BCUT2D eigenvalue weighted by Crippen LogP contribution is 2.12. The first-order chi connectivity index (χ1) is 12.3. The molecular weight excluding hydrogens is 356 g/mol. The molecule has 1 aromatic carbocycles. The molecule has 1 aromatic heterocycles. The van der Waals surface area contributed by atoms with Crippen molar-refractivity contribution in [2.24, 2.45) is 0 Å². The zero-order valence-electron chi connectivity index (χ0n) is 14.9. The van der Waals surface area contributed by atoms with Gasteiger partial charge in [0.05, 0.1) is 23.3 Å². The zero-order chi connectivity index (χ0) is 19.1. The Balaban J connectivity index is 1.89. The Morgan fingerprint density at radius 2 is 1.81 bits per heavy atom. The smallest absolute Gasteiger partial charge is 0.338 e. The molecule has 1 heterocycles. The molecule has 0 fully saturated rings. The number of hydrogen-bond acceptors (Lipinski definition) is 5. The Hall–Kier alpha value is -2.44. The van der Waals surface area contributed by atoms with Crippen LogP contribution in [-0.4, -0.2) is 29.1 Å². The van der Waals surface area contributed by atoms with Crippen molar-refractivity contribution in [3.05, 3.63) is 58.7 Å². The van der Waals surface area contributed by atoms with Gasteiger partial charge in [-0.15, -0.1) is 0 Å². The molecule has 2 aromatic rings. The molecule has 0 aliphatic carbocycles. The lowest BCUT2D eigenvalue weighted by atomic mass is 10.1. The Morgan fingerprint density at radius 1 is 1.12 bits per heavy atom. The number of anilines is 1. The van der Waals surface area contributed by atoms with Crippen LogP contribution in [0.3, 0.4) is 0 Å². The molecule has 0 spiro atoms. The predicted octanol–water partition coefficient (Wildman–Crippen LogP) is 3.84. The molecule has 2 rings (SSSR count). The predicted molar refractivity (Wildman–Crippen MR) is 99.1 cm³/mol. The number of amides is 1. The lowest BCUT2D eigenvalue weighted by Gasteiger charge is -2.13. The van der Waals surface area contributed by atoms with E-state index in [1.54, 1.807) is 36.4 Å². The second-order valence-corrected chi connectivity index (χ2v) is 6.39. The molecule has 0 aliphatic rings. The third-order valence-corrected chi connectivity index (χ3v) is 3.63. The van der Waals surface area contributed by atoms with Gasteiger partial charge in [-0.1, -0.05) is 23.7 Å². The number of nitrogens with zero attached hydrogens (tertiary/aromatic N) is 1. The normalized spacial score (nSPS) is 11.9. The largest absolute Gasteiger partial charge is 0.449 e. The van der Waals surface area contributed by atoms with E-state index in [9.17, 15) is 9.59 Å². The summed E-state index contributed by atoms with van der Waals surface area (Å²) in [6.45, 7) is 5.88. The lowest BCUT2D eigenvalue weighted by molar-refractivity contribution is -0.123. The topological polar surface area (TPSA) is 77.5 Å². The number of rotatable bonds is 7. The van der Waals surface area contributed by atoms with Gasteiger partial charge < -0.3 is 14.8 Å². The van der Waals surface area contributed by atoms with E-state index < -0.39 is 18.0 Å². The number of esters is 1. The summed E-state index contributed by atoms with van der Waals surface area (Å²) in [4.78, 5) is 28.2. The van der Waals surface area contributed by atoms with Gasteiger partial charge in [0.2, 0.25) is 0 Å². The van der Waals surface area contributed by atoms with E-state index >= 15 is 0 Å². The third kappa shape index (κ3) is 6.13. The van der Waals surface area contributed by atoms with Crippen molar-refractivity contribution in [3.8, 4) is 0 Å². The summed E-state index contributed by atoms with van der Waals surface area (Å²) < 4.78 is 10.7. The number of halogens is 1. The molecule has 138 valence electrons. The van der Waals surface area contributed by atoms with Crippen LogP contribution in [0.5, 0.6) is 0 Å². The molecule has 0 aliphatic heterocycles. The minimum Gasteiger partial charge on any atom is -0.449 e. The van der Waals surface area contributed by atoms with Crippen LogP contribution in [0.15, 0.2) is 42.6 Å². The number of benzene rings is 1. The van der Waals surface area contributed by atoms with Crippen LogP contribution in [0.4, 0.5) is 5.82 Å². The minimum absolute atomic E-state index is 0.133. The number of carbonyl (C=O) groups is 2. The van der Waals surface area contributed by atoms with Gasteiger partial charge in [-0.3, -0.25) is 4.79 Å². The first kappa shape index (κ1) is 19.9. The first-order valence-corrected chi connectivity index (χ1v) is 8.57. The second kappa shape index (κ2) is 9.31. The quantitative estimate of drug-likeness (QED) is 0.743. The fourth-order valence-corrected chi connectivity index (χ4v) is 2.07. The van der Waals surface area contributed by atoms with Crippen molar-refractivity contribution in [1.29, 1.82) is 0 Å².